The van der Waals surface area contributed by atoms with E-state index in [-0.39, 0.29) is 30.8 Å². The Bertz CT molecular complexity index is 962. The highest BCUT2D eigenvalue weighted by molar-refractivity contribution is 6.56. The fraction of sp³-hybridized carbons (Fsp3) is 0. The highest BCUT2D eigenvalue weighted by Crippen LogP contribution is 2.46. The summed E-state index contributed by atoms with van der Waals surface area (Å²) in [5, 5.41) is 2.33. The van der Waals surface area contributed by atoms with Gasteiger partial charge in [-0.25, -0.2) is 4.79 Å². The predicted octanol–water partition coefficient (Wildman–Crippen LogP) is 8.23. The smallest absolute Gasteiger partial charge is 0.410 e. The van der Waals surface area contributed by atoms with E-state index < -0.39 is 6.09 Å². The molecule has 0 saturated carbocycles. The zero-order valence-corrected chi connectivity index (χ0v) is 17.2. The first-order valence-electron chi connectivity index (χ1n) is 7.54. The number of rotatable bonds is 3. The fourth-order valence-electron chi connectivity index (χ4n) is 2.30. The molecule has 1 amide bonds. The third-order valence-electron chi connectivity index (χ3n) is 3.61. The normalized spacial score (nSPS) is 10.6. The second-order valence-electron chi connectivity index (χ2n) is 5.35. The molecule has 0 aliphatic rings. The first-order chi connectivity index (χ1) is 12.9. The summed E-state index contributed by atoms with van der Waals surface area (Å²) in [5.74, 6) is 0.339. The maximum Gasteiger partial charge on any atom is 0.417 e. The van der Waals surface area contributed by atoms with Crippen molar-refractivity contribution in [2.24, 2.45) is 0 Å². The summed E-state index contributed by atoms with van der Waals surface area (Å²) < 4.78 is 5.24. The number of carbonyl (C=O) groups is 1. The van der Waals surface area contributed by atoms with E-state index in [1.165, 1.54) is 0 Å². The number of halogens is 5. The molecule has 138 valence electrons. The summed E-state index contributed by atoms with van der Waals surface area (Å²) in [6, 6.07) is 16.8. The molecule has 0 aliphatic carbocycles. The fourth-order valence-corrected chi connectivity index (χ4v) is 3.53. The first-order valence-corrected chi connectivity index (χ1v) is 9.43. The quantitative estimate of drug-likeness (QED) is 0.315. The molecular formula is C19H10Cl5NO2. The maximum absolute atomic E-state index is 12.2. The van der Waals surface area contributed by atoms with E-state index in [0.29, 0.717) is 5.75 Å². The Labute approximate surface area is 180 Å². The van der Waals surface area contributed by atoms with Gasteiger partial charge in [-0.2, -0.15) is 0 Å². The number of hydrogen-bond acceptors (Lipinski definition) is 2. The van der Waals surface area contributed by atoms with Gasteiger partial charge in [0.25, 0.3) is 0 Å². The molecule has 0 atom stereocenters. The minimum atomic E-state index is -0.805. The van der Waals surface area contributed by atoms with Crippen LogP contribution in [0.5, 0.6) is 5.75 Å². The van der Waals surface area contributed by atoms with E-state index in [4.69, 9.17) is 62.7 Å². The van der Waals surface area contributed by atoms with Crippen LogP contribution in [0.25, 0.3) is 11.1 Å². The molecular weight excluding hydrogens is 451 g/mol. The Morgan fingerprint density at radius 3 is 1.70 bits per heavy atom. The Morgan fingerprint density at radius 2 is 1.15 bits per heavy atom. The summed E-state index contributed by atoms with van der Waals surface area (Å²) in [6.45, 7) is 0. The van der Waals surface area contributed by atoms with E-state index in [1.54, 1.807) is 12.1 Å². The van der Waals surface area contributed by atoms with Crippen LogP contribution in [0, 0.1) is 0 Å². The van der Waals surface area contributed by atoms with E-state index in [0.717, 1.165) is 11.1 Å². The van der Waals surface area contributed by atoms with Crippen molar-refractivity contribution in [2.75, 3.05) is 5.32 Å². The van der Waals surface area contributed by atoms with Crippen LogP contribution in [0.15, 0.2) is 54.6 Å². The van der Waals surface area contributed by atoms with Crippen molar-refractivity contribution >= 4 is 69.8 Å². The molecule has 3 aromatic carbocycles. The summed E-state index contributed by atoms with van der Waals surface area (Å²) >= 11 is 30.0. The minimum Gasteiger partial charge on any atom is -0.410 e. The number of anilines is 1. The molecule has 0 aromatic heterocycles. The first kappa shape index (κ1) is 20.1. The highest BCUT2D eigenvalue weighted by atomic mass is 35.5. The van der Waals surface area contributed by atoms with Crippen molar-refractivity contribution in [3.8, 4) is 16.9 Å². The molecule has 0 bridgehead atoms. The van der Waals surface area contributed by atoms with Crippen molar-refractivity contribution in [1.29, 1.82) is 0 Å². The molecule has 0 saturated heterocycles. The van der Waals surface area contributed by atoms with E-state index >= 15 is 0 Å². The zero-order chi connectivity index (χ0) is 19.6. The average Bonchev–Trinajstić information content (AvgIpc) is 2.69. The molecule has 8 heteroatoms. The van der Waals surface area contributed by atoms with Gasteiger partial charge in [-0.15, -0.1) is 0 Å². The van der Waals surface area contributed by atoms with Gasteiger partial charge in [0, 0.05) is 0 Å². The summed E-state index contributed by atoms with van der Waals surface area (Å²) in [5.41, 5.74) is 2.06. The van der Waals surface area contributed by atoms with E-state index in [2.05, 4.69) is 5.32 Å². The van der Waals surface area contributed by atoms with Crippen molar-refractivity contribution in [3.63, 3.8) is 0 Å². The number of carbonyl (C=O) groups excluding carboxylic acids is 1. The highest BCUT2D eigenvalue weighted by Gasteiger charge is 2.21. The molecule has 1 N–H and O–H groups in total. The van der Waals surface area contributed by atoms with Crippen LogP contribution in [-0.4, -0.2) is 6.09 Å². The van der Waals surface area contributed by atoms with Crippen LogP contribution in [0.1, 0.15) is 0 Å². The van der Waals surface area contributed by atoms with Gasteiger partial charge >= 0.3 is 6.09 Å². The number of amides is 1. The van der Waals surface area contributed by atoms with Crippen LogP contribution in [0.4, 0.5) is 10.5 Å². The van der Waals surface area contributed by atoms with Gasteiger partial charge < -0.3 is 4.74 Å². The van der Waals surface area contributed by atoms with Gasteiger partial charge in [0.1, 0.15) is 5.75 Å². The van der Waals surface area contributed by atoms with Gasteiger partial charge in [-0.05, 0) is 23.3 Å². The molecule has 0 fully saturated rings. The van der Waals surface area contributed by atoms with Crippen molar-refractivity contribution in [1.82, 2.24) is 0 Å². The second kappa shape index (κ2) is 8.59. The lowest BCUT2D eigenvalue weighted by molar-refractivity contribution is 0.215. The maximum atomic E-state index is 12.2. The molecule has 3 rings (SSSR count). The van der Waals surface area contributed by atoms with Crippen molar-refractivity contribution < 1.29 is 9.53 Å². The molecule has 0 aliphatic heterocycles. The number of hydrogen-bond donors (Lipinski definition) is 1. The summed E-state index contributed by atoms with van der Waals surface area (Å²) in [6.07, 6.45) is -0.805. The SMILES string of the molecule is O=C(Nc1c(Cl)c(Cl)c(Cl)c(Cl)c1Cl)Oc1ccc(-c2ccccc2)cc1. The van der Waals surface area contributed by atoms with Crippen LogP contribution in [0.3, 0.4) is 0 Å². The summed E-state index contributed by atoms with van der Waals surface area (Å²) in [4.78, 5) is 12.2. The third kappa shape index (κ3) is 4.45. The van der Waals surface area contributed by atoms with Crippen LogP contribution in [0.2, 0.25) is 25.1 Å². The molecule has 0 radical (unpaired) electrons. The molecule has 3 nitrogen and oxygen atoms in total. The van der Waals surface area contributed by atoms with Gasteiger partial charge in [-0.3, -0.25) is 5.32 Å². The lowest BCUT2D eigenvalue weighted by Crippen LogP contribution is -2.17. The topological polar surface area (TPSA) is 38.3 Å². The van der Waals surface area contributed by atoms with Gasteiger partial charge in [-0.1, -0.05) is 100 Å². The Morgan fingerprint density at radius 1 is 0.667 bits per heavy atom. The zero-order valence-electron chi connectivity index (χ0n) is 13.4. The molecule has 0 unspecified atom stereocenters. The lowest BCUT2D eigenvalue weighted by atomic mass is 10.1. The Balaban J connectivity index is 1.75. The standard InChI is InChI=1S/C19H10Cl5NO2/c20-13-14(21)16(23)18(17(24)15(13)22)25-19(26)27-12-8-6-11(7-9-12)10-4-2-1-3-5-10/h1-9H,(H,25,26). The van der Waals surface area contributed by atoms with Crippen molar-refractivity contribution in [2.45, 2.75) is 0 Å². The molecule has 3 aromatic rings. The number of ether oxygens (including phenoxy) is 1. The van der Waals surface area contributed by atoms with E-state index in [9.17, 15) is 4.79 Å². The predicted molar refractivity (Wildman–Crippen MR) is 113 cm³/mol. The summed E-state index contributed by atoms with van der Waals surface area (Å²) in [7, 11) is 0. The van der Waals surface area contributed by atoms with Gasteiger partial charge in [0.2, 0.25) is 0 Å². The van der Waals surface area contributed by atoms with Crippen molar-refractivity contribution in [3.05, 3.63) is 79.7 Å². The average molecular weight is 462 g/mol. The Hall–Kier alpha value is -1.62. The van der Waals surface area contributed by atoms with Gasteiger partial charge in [0.15, 0.2) is 0 Å². The largest absolute Gasteiger partial charge is 0.417 e. The molecule has 0 spiro atoms. The minimum absolute atomic E-state index is 0.00347. The van der Waals surface area contributed by atoms with Crippen LogP contribution < -0.4 is 10.1 Å². The third-order valence-corrected chi connectivity index (χ3v) is 5.89. The second-order valence-corrected chi connectivity index (χ2v) is 7.24. The molecule has 0 heterocycles. The molecule has 27 heavy (non-hydrogen) atoms. The number of benzene rings is 3. The van der Waals surface area contributed by atoms with Crippen LogP contribution in [-0.2, 0) is 0 Å². The van der Waals surface area contributed by atoms with Crippen LogP contribution >= 0.6 is 58.0 Å². The number of nitrogens with one attached hydrogen (secondary N) is 1. The monoisotopic (exact) mass is 459 g/mol. The van der Waals surface area contributed by atoms with Gasteiger partial charge in [0.05, 0.1) is 30.8 Å². The Kier molecular flexibility index (Phi) is 6.40. The lowest BCUT2D eigenvalue weighted by Gasteiger charge is -2.13. The van der Waals surface area contributed by atoms with E-state index in [1.807, 2.05) is 42.5 Å².